The molecule has 3 aromatic rings. The normalized spacial score (nSPS) is 17.4. The molecule has 0 radical (unpaired) electrons. The number of hydrogen-bond donors (Lipinski definition) is 1. The Morgan fingerprint density at radius 3 is 2.69 bits per heavy atom. The van der Waals surface area contributed by atoms with E-state index >= 15 is 0 Å². The zero-order valence-corrected chi connectivity index (χ0v) is 21.8. The number of pyridine rings is 1. The summed E-state index contributed by atoms with van der Waals surface area (Å²) in [6.07, 6.45) is 2.32. The second-order valence-corrected chi connectivity index (χ2v) is 10.7. The van der Waals surface area contributed by atoms with Crippen LogP contribution >= 0.6 is 22.9 Å². The molecule has 1 fully saturated rings. The van der Waals surface area contributed by atoms with Crippen LogP contribution in [0.4, 0.5) is 4.79 Å². The zero-order valence-electron chi connectivity index (χ0n) is 20.3. The summed E-state index contributed by atoms with van der Waals surface area (Å²) in [5.41, 5.74) is 3.26. The average molecular weight is 529 g/mol. The predicted octanol–water partition coefficient (Wildman–Crippen LogP) is 6.56. The van der Waals surface area contributed by atoms with Gasteiger partial charge in [-0.3, -0.25) is 4.79 Å². The summed E-state index contributed by atoms with van der Waals surface area (Å²) < 4.78 is 12.2. The Balaban J connectivity index is 1.42. The molecular formula is C27H29ClN2O5S. The summed E-state index contributed by atoms with van der Waals surface area (Å²) in [7, 11) is 1.69. The molecular weight excluding hydrogens is 500 g/mol. The lowest BCUT2D eigenvalue weighted by molar-refractivity contribution is -0.143. The number of aromatic nitrogens is 1. The molecule has 9 heteroatoms. The zero-order chi connectivity index (χ0) is 25.7. The van der Waals surface area contributed by atoms with Gasteiger partial charge in [-0.25, -0.2) is 9.78 Å². The van der Waals surface area contributed by atoms with Gasteiger partial charge >= 0.3 is 12.1 Å². The SMILES string of the molecule is Cc1nc(-c2sc(Cl)cc2CN(C)C(=O)OCc2ccccc2)ccc1O[C@H]1CCC[C@H](C(=O)O)C1. The fourth-order valence-electron chi connectivity index (χ4n) is 4.33. The summed E-state index contributed by atoms with van der Waals surface area (Å²) in [5, 5.41) is 9.34. The minimum atomic E-state index is -0.760. The van der Waals surface area contributed by atoms with Crippen LogP contribution in [0.1, 0.15) is 42.5 Å². The van der Waals surface area contributed by atoms with Crippen LogP contribution in [0, 0.1) is 12.8 Å². The van der Waals surface area contributed by atoms with E-state index in [1.54, 1.807) is 7.05 Å². The molecule has 190 valence electrons. The molecule has 1 saturated carbocycles. The summed E-state index contributed by atoms with van der Waals surface area (Å²) in [6, 6.07) is 15.1. The first-order valence-corrected chi connectivity index (χ1v) is 13.1. The van der Waals surface area contributed by atoms with E-state index in [2.05, 4.69) is 0 Å². The van der Waals surface area contributed by atoms with Crippen molar-refractivity contribution < 1.29 is 24.2 Å². The van der Waals surface area contributed by atoms with Crippen molar-refractivity contribution in [2.45, 2.75) is 51.9 Å². The Labute approximate surface area is 219 Å². The first-order valence-electron chi connectivity index (χ1n) is 11.9. The van der Waals surface area contributed by atoms with Crippen LogP contribution in [0.25, 0.3) is 10.6 Å². The Morgan fingerprint density at radius 1 is 1.19 bits per heavy atom. The van der Waals surface area contributed by atoms with Crippen molar-refractivity contribution in [3.05, 3.63) is 69.7 Å². The number of nitrogens with zero attached hydrogens (tertiary/aromatic N) is 2. The standard InChI is InChI=1S/C27H29ClN2O5S/c1-17-23(35-21-10-6-9-19(13-21)26(31)32)12-11-22(29-17)25-20(14-24(28)36-25)15-30(2)27(33)34-16-18-7-4-3-5-8-18/h3-5,7-8,11-12,14,19,21H,6,9-10,13,15-16H2,1-2H3,(H,31,32)/t19-,21-/m0/s1. The highest BCUT2D eigenvalue weighted by Gasteiger charge is 2.28. The summed E-state index contributed by atoms with van der Waals surface area (Å²) in [4.78, 5) is 31.0. The monoisotopic (exact) mass is 528 g/mol. The van der Waals surface area contributed by atoms with Crippen LogP contribution in [0.2, 0.25) is 4.34 Å². The largest absolute Gasteiger partial charge is 0.489 e. The van der Waals surface area contributed by atoms with Crippen molar-refractivity contribution in [3.8, 4) is 16.3 Å². The maximum Gasteiger partial charge on any atom is 0.410 e. The first-order chi connectivity index (χ1) is 17.3. The van der Waals surface area contributed by atoms with Gasteiger partial charge in [0.1, 0.15) is 12.4 Å². The Hall–Kier alpha value is -3.10. The molecule has 0 saturated heterocycles. The van der Waals surface area contributed by atoms with Gasteiger partial charge in [0.25, 0.3) is 0 Å². The van der Waals surface area contributed by atoms with Gasteiger partial charge in [0.05, 0.1) is 39.2 Å². The number of aryl methyl sites for hydroxylation is 1. The molecule has 1 amide bonds. The number of thiophene rings is 1. The van der Waals surface area contributed by atoms with E-state index in [-0.39, 0.29) is 18.6 Å². The van der Waals surface area contributed by atoms with Crippen LogP contribution in [0.5, 0.6) is 5.75 Å². The van der Waals surface area contributed by atoms with Gasteiger partial charge in [0.15, 0.2) is 0 Å². The number of hydrogen-bond acceptors (Lipinski definition) is 6. The van der Waals surface area contributed by atoms with Gasteiger partial charge in [0, 0.05) is 7.05 Å². The van der Waals surface area contributed by atoms with Crippen LogP contribution in [-0.4, -0.2) is 40.2 Å². The second-order valence-electron chi connectivity index (χ2n) is 9.02. The molecule has 4 rings (SSSR count). The lowest BCUT2D eigenvalue weighted by atomic mass is 9.87. The van der Waals surface area contributed by atoms with E-state index in [9.17, 15) is 14.7 Å². The fourth-order valence-corrected chi connectivity index (χ4v) is 5.57. The number of aliphatic carboxylic acids is 1. The minimum Gasteiger partial charge on any atom is -0.489 e. The summed E-state index contributed by atoms with van der Waals surface area (Å²) in [6.45, 7) is 2.40. The number of carbonyl (C=O) groups is 2. The lowest BCUT2D eigenvalue weighted by Crippen LogP contribution is -2.29. The lowest BCUT2D eigenvalue weighted by Gasteiger charge is -2.27. The number of rotatable bonds is 8. The van der Waals surface area contributed by atoms with Crippen LogP contribution in [0.3, 0.4) is 0 Å². The molecule has 0 bridgehead atoms. The maximum atomic E-state index is 12.5. The molecule has 2 aromatic heterocycles. The molecule has 1 aliphatic rings. The number of ether oxygens (including phenoxy) is 2. The summed E-state index contributed by atoms with van der Waals surface area (Å²) >= 11 is 7.75. The van der Waals surface area contributed by atoms with Crippen molar-refractivity contribution in [1.82, 2.24) is 9.88 Å². The third-order valence-electron chi connectivity index (χ3n) is 6.24. The highest BCUT2D eigenvalue weighted by Crippen LogP contribution is 2.37. The van der Waals surface area contributed by atoms with Crippen molar-refractivity contribution in [2.24, 2.45) is 5.92 Å². The van der Waals surface area contributed by atoms with Crippen molar-refractivity contribution in [3.63, 3.8) is 0 Å². The highest BCUT2D eigenvalue weighted by atomic mass is 35.5. The number of amides is 1. The molecule has 2 heterocycles. The molecule has 1 aliphatic carbocycles. The average Bonchev–Trinajstić information content (AvgIpc) is 3.24. The molecule has 1 aromatic carbocycles. The number of halogens is 1. The quantitative estimate of drug-likeness (QED) is 0.356. The second kappa shape index (κ2) is 11.8. The van der Waals surface area contributed by atoms with Gasteiger partial charge in [-0.1, -0.05) is 41.9 Å². The fraction of sp³-hybridized carbons (Fsp3) is 0.370. The Morgan fingerprint density at radius 2 is 1.97 bits per heavy atom. The third kappa shape index (κ3) is 6.56. The molecule has 1 N–H and O–H groups in total. The van der Waals surface area contributed by atoms with Gasteiger partial charge < -0.3 is 19.5 Å². The molecule has 36 heavy (non-hydrogen) atoms. The van der Waals surface area contributed by atoms with E-state index in [0.717, 1.165) is 40.2 Å². The number of benzene rings is 1. The van der Waals surface area contributed by atoms with E-state index in [1.807, 2.05) is 55.5 Å². The minimum absolute atomic E-state index is 0.131. The summed E-state index contributed by atoms with van der Waals surface area (Å²) in [5.74, 6) is -0.464. The molecule has 7 nitrogen and oxygen atoms in total. The maximum absolute atomic E-state index is 12.5. The van der Waals surface area contributed by atoms with Crippen molar-refractivity contribution in [1.29, 1.82) is 0 Å². The van der Waals surface area contributed by atoms with E-state index in [1.165, 1.54) is 16.2 Å². The number of carboxylic acids is 1. The van der Waals surface area contributed by atoms with Gasteiger partial charge in [-0.15, -0.1) is 11.3 Å². The Kier molecular flexibility index (Phi) is 8.48. The molecule has 2 atom stereocenters. The Bertz CT molecular complexity index is 1220. The van der Waals surface area contributed by atoms with Crippen LogP contribution in [0.15, 0.2) is 48.5 Å². The van der Waals surface area contributed by atoms with Gasteiger partial charge in [-0.2, -0.15) is 0 Å². The highest BCUT2D eigenvalue weighted by molar-refractivity contribution is 7.19. The number of carboxylic acid groups (broad SMARTS) is 1. The van der Waals surface area contributed by atoms with Crippen LogP contribution in [-0.2, 0) is 22.7 Å². The molecule has 0 spiro atoms. The van der Waals surface area contributed by atoms with E-state index in [0.29, 0.717) is 29.5 Å². The molecule has 0 aliphatic heterocycles. The van der Waals surface area contributed by atoms with Crippen LogP contribution < -0.4 is 4.74 Å². The van der Waals surface area contributed by atoms with Crippen molar-refractivity contribution in [2.75, 3.05) is 7.05 Å². The molecule has 0 unspecified atom stereocenters. The number of carbonyl (C=O) groups excluding carboxylic acids is 1. The van der Waals surface area contributed by atoms with Gasteiger partial charge in [0.2, 0.25) is 0 Å². The van der Waals surface area contributed by atoms with Crippen molar-refractivity contribution >= 4 is 35.0 Å². The predicted molar refractivity (Wildman–Crippen MR) is 139 cm³/mol. The topological polar surface area (TPSA) is 89.0 Å². The van der Waals surface area contributed by atoms with Gasteiger partial charge in [-0.05, 0) is 61.9 Å². The third-order valence-corrected chi connectivity index (χ3v) is 7.57. The van der Waals surface area contributed by atoms with E-state index < -0.39 is 12.1 Å². The van der Waals surface area contributed by atoms with E-state index in [4.69, 9.17) is 26.1 Å². The first kappa shape index (κ1) is 26.0. The smallest absolute Gasteiger partial charge is 0.410 e.